The number of hydrogen-bond acceptors (Lipinski definition) is 7. The van der Waals surface area contributed by atoms with E-state index in [1.165, 1.54) is 24.3 Å². The van der Waals surface area contributed by atoms with Crippen LogP contribution in [0.15, 0.2) is 58.4 Å². The Labute approximate surface area is 173 Å². The number of methoxy groups -OCH3 is 1. The van der Waals surface area contributed by atoms with Gasteiger partial charge in [0.2, 0.25) is 6.33 Å². The number of hydrazone groups is 1. The van der Waals surface area contributed by atoms with Crippen molar-refractivity contribution in [2.45, 2.75) is 6.54 Å². The second kappa shape index (κ2) is 9.06. The van der Waals surface area contributed by atoms with E-state index in [-0.39, 0.29) is 12.5 Å². The van der Waals surface area contributed by atoms with E-state index >= 15 is 0 Å². The Morgan fingerprint density at radius 3 is 2.76 bits per heavy atom. The van der Waals surface area contributed by atoms with Crippen molar-refractivity contribution in [3.63, 3.8) is 0 Å². The van der Waals surface area contributed by atoms with Gasteiger partial charge in [0, 0.05) is 20.7 Å². The van der Waals surface area contributed by atoms with Crippen LogP contribution in [0.25, 0.3) is 0 Å². The molecule has 10 nitrogen and oxygen atoms in total. The van der Waals surface area contributed by atoms with Crippen molar-refractivity contribution in [1.82, 2.24) is 20.2 Å². The van der Waals surface area contributed by atoms with E-state index in [2.05, 4.69) is 36.5 Å². The molecular formula is C18H15BrN6O4. The Kier molecular flexibility index (Phi) is 6.29. The molecule has 3 aromatic rings. The van der Waals surface area contributed by atoms with Gasteiger partial charge in [0.1, 0.15) is 5.75 Å². The van der Waals surface area contributed by atoms with Crippen molar-refractivity contribution < 1.29 is 14.5 Å². The summed E-state index contributed by atoms with van der Waals surface area (Å²) in [5, 5.41) is 18.5. The molecular weight excluding hydrogens is 444 g/mol. The lowest BCUT2D eigenvalue weighted by Gasteiger charge is -2.08. The quantitative estimate of drug-likeness (QED) is 0.329. The van der Waals surface area contributed by atoms with Gasteiger partial charge in [0.05, 0.1) is 19.9 Å². The minimum Gasteiger partial charge on any atom is -0.496 e. The molecule has 1 heterocycles. The maximum Gasteiger partial charge on any atom is 0.490 e. The lowest BCUT2D eigenvalue weighted by Crippen LogP contribution is -2.17. The fraction of sp³-hybridized carbons (Fsp3) is 0.111. The van der Waals surface area contributed by atoms with E-state index in [4.69, 9.17) is 4.74 Å². The Morgan fingerprint density at radius 1 is 1.34 bits per heavy atom. The van der Waals surface area contributed by atoms with Crippen LogP contribution in [-0.4, -0.2) is 38.9 Å². The van der Waals surface area contributed by atoms with Gasteiger partial charge >= 0.3 is 5.95 Å². The number of halogens is 1. The average Bonchev–Trinajstić information content (AvgIpc) is 3.17. The van der Waals surface area contributed by atoms with E-state index in [1.807, 2.05) is 0 Å². The van der Waals surface area contributed by atoms with Crippen LogP contribution >= 0.6 is 15.9 Å². The normalized spacial score (nSPS) is 10.8. The predicted octanol–water partition coefficient (Wildman–Crippen LogP) is 2.77. The molecule has 0 radical (unpaired) electrons. The summed E-state index contributed by atoms with van der Waals surface area (Å²) in [5.74, 6) is -0.228. The summed E-state index contributed by atoms with van der Waals surface area (Å²) in [6, 6.07) is 12.2. The summed E-state index contributed by atoms with van der Waals surface area (Å²) in [5.41, 5.74) is 4.36. The van der Waals surface area contributed by atoms with E-state index in [0.717, 1.165) is 10.0 Å². The number of rotatable bonds is 7. The fourth-order valence-corrected chi connectivity index (χ4v) is 2.72. The molecule has 11 heteroatoms. The third-order valence-corrected chi connectivity index (χ3v) is 4.34. The fourth-order valence-electron chi connectivity index (χ4n) is 2.45. The molecule has 0 bridgehead atoms. The van der Waals surface area contributed by atoms with Gasteiger partial charge in [-0.15, -0.1) is 0 Å². The monoisotopic (exact) mass is 458 g/mol. The van der Waals surface area contributed by atoms with Crippen LogP contribution in [0.3, 0.4) is 0 Å². The first kappa shape index (κ1) is 20.1. The van der Waals surface area contributed by atoms with Gasteiger partial charge in [-0.1, -0.05) is 20.9 Å². The zero-order valence-corrected chi connectivity index (χ0v) is 16.7. The summed E-state index contributed by atoms with van der Waals surface area (Å²) in [6.07, 6.45) is 2.76. The van der Waals surface area contributed by atoms with Crippen LogP contribution in [0.4, 0.5) is 5.95 Å². The van der Waals surface area contributed by atoms with E-state index < -0.39 is 10.9 Å². The maximum atomic E-state index is 12.1. The molecule has 148 valence electrons. The highest BCUT2D eigenvalue weighted by Crippen LogP contribution is 2.20. The summed E-state index contributed by atoms with van der Waals surface area (Å²) >= 11 is 3.31. The van der Waals surface area contributed by atoms with Crippen molar-refractivity contribution in [2.75, 3.05) is 7.11 Å². The lowest BCUT2D eigenvalue weighted by molar-refractivity contribution is -0.394. The molecule has 0 aliphatic carbocycles. The van der Waals surface area contributed by atoms with Crippen LogP contribution in [0.1, 0.15) is 21.5 Å². The lowest BCUT2D eigenvalue weighted by atomic mass is 10.1. The number of carbonyl (C=O) groups excluding carboxylic acids is 1. The van der Waals surface area contributed by atoms with Gasteiger partial charge in [-0.2, -0.15) is 9.78 Å². The van der Waals surface area contributed by atoms with Gasteiger partial charge in [0.25, 0.3) is 5.91 Å². The highest BCUT2D eigenvalue weighted by molar-refractivity contribution is 9.10. The zero-order chi connectivity index (χ0) is 20.8. The number of benzene rings is 2. The molecule has 1 amide bonds. The van der Waals surface area contributed by atoms with Crippen LogP contribution in [-0.2, 0) is 6.54 Å². The summed E-state index contributed by atoms with van der Waals surface area (Å²) in [4.78, 5) is 25.8. The van der Waals surface area contributed by atoms with Crippen molar-refractivity contribution in [3.05, 3.63) is 80.1 Å². The summed E-state index contributed by atoms with van der Waals surface area (Å²) in [7, 11) is 1.52. The standard InChI is InChI=1S/C18H15BrN6O4/c1-29-16-7-2-12(8-14(16)10-24-11-20-18(23-24)25(27)28)9-21-22-17(26)13-3-5-15(19)6-4-13/h2-9,11H,10H2,1H3,(H,22,26)/b21-9+. The molecule has 0 aliphatic rings. The number of amides is 1. The first-order valence-electron chi connectivity index (χ1n) is 8.26. The first-order chi connectivity index (χ1) is 14.0. The van der Waals surface area contributed by atoms with E-state index in [0.29, 0.717) is 16.9 Å². The molecule has 0 aliphatic heterocycles. The van der Waals surface area contributed by atoms with Crippen molar-refractivity contribution in [1.29, 1.82) is 0 Å². The average molecular weight is 459 g/mol. The van der Waals surface area contributed by atoms with Gasteiger partial charge < -0.3 is 14.9 Å². The second-order valence-electron chi connectivity index (χ2n) is 5.78. The van der Waals surface area contributed by atoms with E-state index in [9.17, 15) is 14.9 Å². The number of nitrogens with zero attached hydrogens (tertiary/aromatic N) is 5. The van der Waals surface area contributed by atoms with Crippen LogP contribution < -0.4 is 10.2 Å². The topological polar surface area (TPSA) is 125 Å². The minimum absolute atomic E-state index is 0.219. The Morgan fingerprint density at radius 2 is 2.10 bits per heavy atom. The first-order valence-corrected chi connectivity index (χ1v) is 9.05. The molecule has 0 fully saturated rings. The number of nitro groups is 1. The van der Waals surface area contributed by atoms with E-state index in [1.54, 1.807) is 42.5 Å². The molecule has 29 heavy (non-hydrogen) atoms. The largest absolute Gasteiger partial charge is 0.496 e. The Balaban J connectivity index is 1.71. The molecule has 3 rings (SSSR count). The van der Waals surface area contributed by atoms with Gasteiger partial charge in [-0.25, -0.2) is 5.43 Å². The number of carbonyl (C=O) groups is 1. The summed E-state index contributed by atoms with van der Waals surface area (Å²) in [6.45, 7) is 0.219. The Hall–Kier alpha value is -3.60. The predicted molar refractivity (Wildman–Crippen MR) is 108 cm³/mol. The minimum atomic E-state index is -0.662. The van der Waals surface area contributed by atoms with Crippen LogP contribution in [0.2, 0.25) is 0 Å². The van der Waals surface area contributed by atoms with Crippen molar-refractivity contribution in [3.8, 4) is 5.75 Å². The summed E-state index contributed by atoms with van der Waals surface area (Å²) < 4.78 is 7.54. The number of nitrogens with one attached hydrogen (secondary N) is 1. The second-order valence-corrected chi connectivity index (χ2v) is 6.69. The zero-order valence-electron chi connectivity index (χ0n) is 15.2. The van der Waals surface area contributed by atoms with Gasteiger partial charge in [0.15, 0.2) is 0 Å². The van der Waals surface area contributed by atoms with Gasteiger partial charge in [-0.05, 0) is 53.0 Å². The third-order valence-electron chi connectivity index (χ3n) is 3.81. The van der Waals surface area contributed by atoms with Crippen LogP contribution in [0.5, 0.6) is 5.75 Å². The van der Waals surface area contributed by atoms with Crippen LogP contribution in [0, 0.1) is 10.1 Å². The molecule has 0 spiro atoms. The Bertz CT molecular complexity index is 1060. The smallest absolute Gasteiger partial charge is 0.490 e. The number of ether oxygens (including phenoxy) is 1. The molecule has 1 N–H and O–H groups in total. The van der Waals surface area contributed by atoms with Crippen molar-refractivity contribution in [2.24, 2.45) is 5.10 Å². The maximum absolute atomic E-state index is 12.1. The molecule has 0 unspecified atom stereocenters. The van der Waals surface area contributed by atoms with Gasteiger partial charge in [-0.3, -0.25) is 4.79 Å². The SMILES string of the molecule is COc1ccc(/C=N/NC(=O)c2ccc(Br)cc2)cc1Cn1cnc([N+](=O)[O-])n1. The molecule has 1 aromatic heterocycles. The molecule has 2 aromatic carbocycles. The van der Waals surface area contributed by atoms with Crippen molar-refractivity contribution >= 4 is 34.0 Å². The highest BCUT2D eigenvalue weighted by Gasteiger charge is 2.15. The molecule has 0 atom stereocenters. The highest BCUT2D eigenvalue weighted by atomic mass is 79.9. The third kappa shape index (κ3) is 5.23. The molecule has 0 saturated carbocycles. The molecule has 0 saturated heterocycles. The number of aromatic nitrogens is 3. The number of hydrogen-bond donors (Lipinski definition) is 1.